The van der Waals surface area contributed by atoms with Gasteiger partial charge in [0, 0.05) is 18.8 Å². The minimum atomic E-state index is -1.14. The summed E-state index contributed by atoms with van der Waals surface area (Å²) in [6.07, 6.45) is 5.49. The molecule has 0 bridgehead atoms. The molecule has 2 aliphatic heterocycles. The van der Waals surface area contributed by atoms with Crippen molar-refractivity contribution in [1.29, 1.82) is 0 Å². The van der Waals surface area contributed by atoms with E-state index in [1.165, 1.54) is 9.80 Å². The number of amides is 4. The van der Waals surface area contributed by atoms with Gasteiger partial charge in [0.2, 0.25) is 17.7 Å². The van der Waals surface area contributed by atoms with E-state index in [4.69, 9.17) is 10.5 Å². The summed E-state index contributed by atoms with van der Waals surface area (Å²) in [7, 11) is 0. The van der Waals surface area contributed by atoms with Gasteiger partial charge in [0.15, 0.2) is 0 Å². The number of hydrogen-bond donors (Lipinski definition) is 2. The van der Waals surface area contributed by atoms with Crippen LogP contribution < -0.4 is 11.1 Å². The molecule has 3 N–H and O–H groups in total. The van der Waals surface area contributed by atoms with Gasteiger partial charge >= 0.3 is 6.09 Å². The quantitative estimate of drug-likeness (QED) is 0.252. The number of hydrogen-bond acceptors (Lipinski definition) is 5. The molecule has 43 heavy (non-hydrogen) atoms. The number of nitrogens with two attached hydrogens (primary N) is 1. The number of fused-ring (bicyclic) bond motifs is 2. The Morgan fingerprint density at radius 1 is 1.16 bits per heavy atom. The first-order valence-electron chi connectivity index (χ1n) is 14.9. The minimum absolute atomic E-state index is 0.0309. The molecule has 2 aliphatic rings. The number of unbranched alkanes of at least 4 members (excludes halogenated alkanes) is 2. The standard InChI is InChI=1S/C34H42N4O5/c1-5-7-8-12-17-37(33(42)43-21-25-13-10-9-11-14-25)28(18-23(3)4)31(40)38-22-34(20-29(38)30(35)39)26-19-24(6-2)15-16-27(26)36-32(34)41/h5-6,9-11,13-16,19,23,28-29H,1-2,7-8,12,17-18,20-22H2,3-4H3,(H2,35,39)(H,36,41)/t28-,29-,34-/m0/s1. The summed E-state index contributed by atoms with van der Waals surface area (Å²) in [6, 6.07) is 12.9. The van der Waals surface area contributed by atoms with Crippen LogP contribution in [0, 0.1) is 5.92 Å². The molecule has 1 fully saturated rings. The van der Waals surface area contributed by atoms with Gasteiger partial charge in [-0.05, 0) is 66.8 Å². The van der Waals surface area contributed by atoms with E-state index in [1.54, 1.807) is 12.1 Å². The number of rotatable bonds is 13. The molecule has 1 spiro atoms. The third-order valence-electron chi connectivity index (χ3n) is 8.30. The van der Waals surface area contributed by atoms with Crippen molar-refractivity contribution in [2.45, 2.75) is 70.1 Å². The molecule has 0 radical (unpaired) electrons. The Hall–Kier alpha value is -4.40. The molecule has 1 saturated heterocycles. The first kappa shape index (κ1) is 31.5. The maximum atomic E-state index is 14.5. The summed E-state index contributed by atoms with van der Waals surface area (Å²) in [4.78, 5) is 57.3. The SMILES string of the molecule is C=CCCCCN(C(=O)OCc1ccccc1)[C@@H](CC(C)C)C(=O)N1C[C@]2(C[C@H]1C(N)=O)C(=O)Nc1ccc(C=C)cc12. The first-order chi connectivity index (χ1) is 20.6. The Morgan fingerprint density at radius 2 is 1.91 bits per heavy atom. The van der Waals surface area contributed by atoms with Crippen molar-refractivity contribution < 1.29 is 23.9 Å². The van der Waals surface area contributed by atoms with Crippen molar-refractivity contribution in [1.82, 2.24) is 9.80 Å². The largest absolute Gasteiger partial charge is 0.445 e. The van der Waals surface area contributed by atoms with E-state index in [-0.39, 0.29) is 37.9 Å². The van der Waals surface area contributed by atoms with E-state index in [2.05, 4.69) is 18.5 Å². The number of benzene rings is 2. The fraction of sp³-hybridized carbons (Fsp3) is 0.412. The van der Waals surface area contributed by atoms with Crippen LogP contribution >= 0.6 is 0 Å². The number of likely N-dealkylation sites (tertiary alicyclic amines) is 1. The highest BCUT2D eigenvalue weighted by molar-refractivity contribution is 6.08. The lowest BCUT2D eigenvalue weighted by Gasteiger charge is -2.35. The lowest BCUT2D eigenvalue weighted by molar-refractivity contribution is -0.142. The normalized spacial score (nSPS) is 19.6. The Bertz CT molecular complexity index is 1370. The molecular weight excluding hydrogens is 544 g/mol. The molecule has 0 aliphatic carbocycles. The maximum Gasteiger partial charge on any atom is 0.410 e. The van der Waals surface area contributed by atoms with Crippen LogP contribution in [0.1, 0.15) is 62.6 Å². The predicted octanol–water partition coefficient (Wildman–Crippen LogP) is 5.02. The number of anilines is 1. The summed E-state index contributed by atoms with van der Waals surface area (Å²) in [5.41, 5.74) is 7.72. The van der Waals surface area contributed by atoms with Crippen LogP contribution in [0.5, 0.6) is 0 Å². The number of carbonyl (C=O) groups excluding carboxylic acids is 4. The average molecular weight is 587 g/mol. The Morgan fingerprint density at radius 3 is 2.56 bits per heavy atom. The number of carbonyl (C=O) groups is 4. The zero-order valence-electron chi connectivity index (χ0n) is 25.1. The molecule has 9 nitrogen and oxygen atoms in total. The van der Waals surface area contributed by atoms with Crippen molar-refractivity contribution in [3.63, 3.8) is 0 Å². The van der Waals surface area contributed by atoms with Crippen LogP contribution in [0.2, 0.25) is 0 Å². The highest BCUT2D eigenvalue weighted by Crippen LogP contribution is 2.47. The number of allylic oxidation sites excluding steroid dienone is 1. The van der Waals surface area contributed by atoms with Gasteiger partial charge in [-0.2, -0.15) is 0 Å². The van der Waals surface area contributed by atoms with Gasteiger partial charge in [-0.1, -0.05) is 69.0 Å². The number of nitrogens with one attached hydrogen (secondary N) is 1. The van der Waals surface area contributed by atoms with Gasteiger partial charge < -0.3 is 20.7 Å². The Balaban J connectivity index is 1.67. The first-order valence-corrected chi connectivity index (χ1v) is 14.9. The van der Waals surface area contributed by atoms with Gasteiger partial charge in [0.05, 0.1) is 5.41 Å². The molecule has 0 aromatic heterocycles. The van der Waals surface area contributed by atoms with Crippen molar-refractivity contribution >= 4 is 35.6 Å². The van der Waals surface area contributed by atoms with Crippen LogP contribution in [-0.2, 0) is 31.1 Å². The van der Waals surface area contributed by atoms with Crippen molar-refractivity contribution in [3.05, 3.63) is 84.5 Å². The topological polar surface area (TPSA) is 122 Å². The molecule has 2 aromatic rings. The number of nitrogens with zero attached hydrogens (tertiary/aromatic N) is 2. The molecule has 4 amide bonds. The Labute approximate surface area is 253 Å². The van der Waals surface area contributed by atoms with E-state index in [0.29, 0.717) is 24.1 Å². The minimum Gasteiger partial charge on any atom is -0.445 e. The van der Waals surface area contributed by atoms with Crippen molar-refractivity contribution in [2.24, 2.45) is 11.7 Å². The third kappa shape index (κ3) is 6.82. The van der Waals surface area contributed by atoms with E-state index in [0.717, 1.165) is 24.0 Å². The summed E-state index contributed by atoms with van der Waals surface area (Å²) in [5.74, 6) is -1.36. The summed E-state index contributed by atoms with van der Waals surface area (Å²) in [5, 5.41) is 2.92. The van der Waals surface area contributed by atoms with E-state index < -0.39 is 35.4 Å². The lowest BCUT2D eigenvalue weighted by Crippen LogP contribution is -2.55. The molecule has 9 heteroatoms. The van der Waals surface area contributed by atoms with Crippen LogP contribution in [0.4, 0.5) is 10.5 Å². The fourth-order valence-electron chi connectivity index (χ4n) is 6.06. The molecule has 0 unspecified atom stereocenters. The smallest absolute Gasteiger partial charge is 0.410 e. The molecular formula is C34H42N4O5. The van der Waals surface area contributed by atoms with Gasteiger partial charge in [-0.3, -0.25) is 19.3 Å². The number of primary amides is 1. The number of ether oxygens (including phenoxy) is 1. The molecule has 3 atom stereocenters. The summed E-state index contributed by atoms with van der Waals surface area (Å²) >= 11 is 0. The zero-order chi connectivity index (χ0) is 31.1. The summed E-state index contributed by atoms with van der Waals surface area (Å²) < 4.78 is 5.71. The van der Waals surface area contributed by atoms with E-state index in [9.17, 15) is 19.2 Å². The monoisotopic (exact) mass is 586 g/mol. The van der Waals surface area contributed by atoms with E-state index >= 15 is 0 Å². The summed E-state index contributed by atoms with van der Waals surface area (Å²) in [6.45, 7) is 11.9. The second-order valence-electron chi connectivity index (χ2n) is 11.8. The second kappa shape index (κ2) is 13.7. The van der Waals surface area contributed by atoms with Gasteiger partial charge in [0.25, 0.3) is 0 Å². The third-order valence-corrected chi connectivity index (χ3v) is 8.30. The van der Waals surface area contributed by atoms with Crippen molar-refractivity contribution in [3.8, 4) is 0 Å². The van der Waals surface area contributed by atoms with Crippen molar-refractivity contribution in [2.75, 3.05) is 18.4 Å². The van der Waals surface area contributed by atoms with Gasteiger partial charge in [-0.25, -0.2) is 4.79 Å². The zero-order valence-corrected chi connectivity index (χ0v) is 25.1. The molecule has 2 aromatic carbocycles. The average Bonchev–Trinajstić information content (AvgIpc) is 3.53. The van der Waals surface area contributed by atoms with Gasteiger partial charge in [-0.15, -0.1) is 6.58 Å². The molecule has 0 saturated carbocycles. The van der Waals surface area contributed by atoms with E-state index in [1.807, 2.05) is 62.4 Å². The van der Waals surface area contributed by atoms with Crippen LogP contribution in [0.3, 0.4) is 0 Å². The molecule has 4 rings (SSSR count). The fourth-order valence-corrected chi connectivity index (χ4v) is 6.06. The second-order valence-corrected chi connectivity index (χ2v) is 11.8. The van der Waals surface area contributed by atoms with Gasteiger partial charge in [0.1, 0.15) is 18.7 Å². The van der Waals surface area contributed by atoms with Crippen LogP contribution in [0.15, 0.2) is 67.8 Å². The predicted molar refractivity (Wildman–Crippen MR) is 167 cm³/mol. The van der Waals surface area contributed by atoms with Crippen LogP contribution in [-0.4, -0.2) is 58.8 Å². The Kier molecular flexibility index (Phi) is 10.1. The lowest BCUT2D eigenvalue weighted by atomic mass is 9.79. The molecule has 2 heterocycles. The maximum absolute atomic E-state index is 14.5. The highest BCUT2D eigenvalue weighted by Gasteiger charge is 2.58. The van der Waals surface area contributed by atoms with Crippen LogP contribution in [0.25, 0.3) is 6.08 Å². The highest BCUT2D eigenvalue weighted by atomic mass is 16.6. The molecule has 228 valence electrons.